The van der Waals surface area contributed by atoms with Crippen LogP contribution in [0.4, 0.5) is 0 Å². The molecule has 0 aromatic carbocycles. The molecule has 0 bridgehead atoms. The average Bonchev–Trinajstić information content (AvgIpc) is 2.13. The van der Waals surface area contributed by atoms with Crippen LogP contribution in [-0.4, -0.2) is 0 Å². The second kappa shape index (κ2) is 4.63. The van der Waals surface area contributed by atoms with E-state index in [9.17, 15) is 0 Å². The Kier molecular flexibility index (Phi) is 3.74. The van der Waals surface area contributed by atoms with Crippen LogP contribution in [0.5, 0.6) is 0 Å². The highest BCUT2D eigenvalue weighted by atomic mass is 14.3. The number of allylic oxidation sites excluding steroid dienone is 4. The Morgan fingerprint density at radius 3 is 2.79 bits per heavy atom. The molecule has 1 rings (SSSR count). The summed E-state index contributed by atoms with van der Waals surface area (Å²) in [4.78, 5) is 0. The smallest absolute Gasteiger partial charge is 0.00415 e. The highest BCUT2D eigenvalue weighted by molar-refractivity contribution is 5.28. The maximum absolute atomic E-state index is 4.12. The van der Waals surface area contributed by atoms with Crippen molar-refractivity contribution in [3.05, 3.63) is 36.5 Å². The van der Waals surface area contributed by atoms with Gasteiger partial charge in [0.05, 0.1) is 0 Å². The molecular weight excluding hydrogens is 168 g/mol. The van der Waals surface area contributed by atoms with Crippen molar-refractivity contribution >= 4 is 0 Å². The van der Waals surface area contributed by atoms with Gasteiger partial charge < -0.3 is 0 Å². The molecule has 1 atom stereocenters. The molecule has 78 valence electrons. The minimum absolute atomic E-state index is 0.313. The molecule has 0 N–H and O–H groups in total. The first kappa shape index (κ1) is 11.3. The van der Waals surface area contributed by atoms with Crippen LogP contribution < -0.4 is 0 Å². The summed E-state index contributed by atoms with van der Waals surface area (Å²) in [6.07, 6.45) is 10.4. The topological polar surface area (TPSA) is 0 Å². The first-order chi connectivity index (χ1) is 6.62. The summed E-state index contributed by atoms with van der Waals surface area (Å²) in [7, 11) is 0. The van der Waals surface area contributed by atoms with Crippen LogP contribution in [0.15, 0.2) is 36.5 Å². The summed E-state index contributed by atoms with van der Waals surface area (Å²) in [5.41, 5.74) is 3.14. The largest absolute Gasteiger partial charge is 0.0998 e. The van der Waals surface area contributed by atoms with Gasteiger partial charge in [0.25, 0.3) is 0 Å². The fraction of sp³-hybridized carbons (Fsp3) is 0.571. The Morgan fingerprint density at radius 1 is 1.57 bits per heavy atom. The molecule has 0 saturated heterocycles. The van der Waals surface area contributed by atoms with Crippen LogP contribution in [0, 0.1) is 5.41 Å². The second-order valence-corrected chi connectivity index (χ2v) is 4.61. The van der Waals surface area contributed by atoms with Crippen LogP contribution in [-0.2, 0) is 0 Å². The average molecular weight is 190 g/mol. The molecular formula is C14H22. The van der Waals surface area contributed by atoms with Crippen LogP contribution in [0.1, 0.15) is 46.0 Å². The molecule has 0 nitrogen and oxygen atoms in total. The lowest BCUT2D eigenvalue weighted by molar-refractivity contribution is 0.321. The lowest BCUT2D eigenvalue weighted by Crippen LogP contribution is -2.22. The van der Waals surface area contributed by atoms with Gasteiger partial charge in [0.15, 0.2) is 0 Å². The van der Waals surface area contributed by atoms with E-state index >= 15 is 0 Å². The monoisotopic (exact) mass is 190 g/mol. The lowest BCUT2D eigenvalue weighted by Gasteiger charge is -2.36. The maximum atomic E-state index is 4.12. The van der Waals surface area contributed by atoms with E-state index in [0.717, 1.165) is 12.8 Å². The molecule has 0 heterocycles. The maximum Gasteiger partial charge on any atom is -0.00415 e. The van der Waals surface area contributed by atoms with Gasteiger partial charge in [-0.05, 0) is 43.1 Å². The van der Waals surface area contributed by atoms with Gasteiger partial charge in [-0.3, -0.25) is 0 Å². The van der Waals surface area contributed by atoms with Crippen molar-refractivity contribution in [1.82, 2.24) is 0 Å². The van der Waals surface area contributed by atoms with Crippen LogP contribution in [0.3, 0.4) is 0 Å². The molecule has 0 aromatic heterocycles. The minimum atomic E-state index is 0.313. The van der Waals surface area contributed by atoms with Gasteiger partial charge in [-0.15, -0.1) is 0 Å². The zero-order valence-corrected chi connectivity index (χ0v) is 9.60. The molecule has 0 spiro atoms. The number of hydrogen-bond donors (Lipinski definition) is 0. The van der Waals surface area contributed by atoms with E-state index in [1.807, 2.05) is 6.08 Å². The van der Waals surface area contributed by atoms with Gasteiger partial charge in [-0.2, -0.15) is 0 Å². The molecule has 1 unspecified atom stereocenters. The molecule has 14 heavy (non-hydrogen) atoms. The third-order valence-corrected chi connectivity index (χ3v) is 3.24. The molecule has 1 aliphatic rings. The van der Waals surface area contributed by atoms with E-state index in [-0.39, 0.29) is 0 Å². The highest BCUT2D eigenvalue weighted by Crippen LogP contribution is 2.44. The quantitative estimate of drug-likeness (QED) is 0.449. The second-order valence-electron chi connectivity index (χ2n) is 4.61. The summed E-state index contributed by atoms with van der Waals surface area (Å²) in [5.74, 6) is 0. The van der Waals surface area contributed by atoms with Gasteiger partial charge in [0.1, 0.15) is 0 Å². The summed E-state index contributed by atoms with van der Waals surface area (Å²) in [6.45, 7) is 12.6. The van der Waals surface area contributed by atoms with Crippen LogP contribution in [0.25, 0.3) is 0 Å². The van der Waals surface area contributed by atoms with Gasteiger partial charge in [0, 0.05) is 0 Å². The van der Waals surface area contributed by atoms with Crippen molar-refractivity contribution in [3.63, 3.8) is 0 Å². The SMILES string of the molecule is C=C/C(=C\CC)C1(C)CCCC(=C)C1. The standard InChI is InChI=1S/C14H22/c1-5-8-13(6-2)14(4)10-7-9-12(3)11-14/h6,8H,2-3,5,7,9-11H2,1,4H3/b13-8+. The lowest BCUT2D eigenvalue weighted by atomic mass is 9.69. The molecule has 1 saturated carbocycles. The Morgan fingerprint density at radius 2 is 2.29 bits per heavy atom. The Labute approximate surface area is 88.4 Å². The van der Waals surface area contributed by atoms with Crippen molar-refractivity contribution in [1.29, 1.82) is 0 Å². The highest BCUT2D eigenvalue weighted by Gasteiger charge is 2.30. The van der Waals surface area contributed by atoms with E-state index in [0.29, 0.717) is 5.41 Å². The van der Waals surface area contributed by atoms with Crippen molar-refractivity contribution in [2.24, 2.45) is 5.41 Å². The zero-order chi connectivity index (χ0) is 10.6. The predicted octanol–water partition coefficient (Wildman–Crippen LogP) is 4.65. The third-order valence-electron chi connectivity index (χ3n) is 3.24. The fourth-order valence-electron chi connectivity index (χ4n) is 2.50. The first-order valence-corrected chi connectivity index (χ1v) is 5.62. The van der Waals surface area contributed by atoms with Gasteiger partial charge in [0.2, 0.25) is 0 Å². The van der Waals surface area contributed by atoms with E-state index in [1.165, 1.54) is 30.4 Å². The molecule has 0 heteroatoms. The van der Waals surface area contributed by atoms with E-state index < -0.39 is 0 Å². The number of hydrogen-bond acceptors (Lipinski definition) is 0. The van der Waals surface area contributed by atoms with Crippen molar-refractivity contribution in [2.45, 2.75) is 46.0 Å². The third kappa shape index (κ3) is 2.37. The predicted molar refractivity (Wildman–Crippen MR) is 64.3 cm³/mol. The summed E-state index contributed by atoms with van der Waals surface area (Å²) >= 11 is 0. The summed E-state index contributed by atoms with van der Waals surface area (Å²) < 4.78 is 0. The normalized spacial score (nSPS) is 29.0. The van der Waals surface area contributed by atoms with E-state index in [2.05, 4.69) is 33.1 Å². The summed E-state index contributed by atoms with van der Waals surface area (Å²) in [6, 6.07) is 0. The molecule has 1 fully saturated rings. The molecule has 0 aromatic rings. The first-order valence-electron chi connectivity index (χ1n) is 5.62. The van der Waals surface area contributed by atoms with E-state index in [1.54, 1.807) is 0 Å². The molecule has 1 aliphatic carbocycles. The molecule has 0 radical (unpaired) electrons. The summed E-state index contributed by atoms with van der Waals surface area (Å²) in [5, 5.41) is 0. The fourth-order valence-corrected chi connectivity index (χ4v) is 2.50. The van der Waals surface area contributed by atoms with E-state index in [4.69, 9.17) is 0 Å². The van der Waals surface area contributed by atoms with Gasteiger partial charge in [-0.25, -0.2) is 0 Å². The Hall–Kier alpha value is -0.780. The van der Waals surface area contributed by atoms with Crippen LogP contribution in [0.2, 0.25) is 0 Å². The minimum Gasteiger partial charge on any atom is -0.0998 e. The number of rotatable bonds is 3. The Bertz CT molecular complexity index is 257. The van der Waals surface area contributed by atoms with Crippen LogP contribution >= 0.6 is 0 Å². The van der Waals surface area contributed by atoms with Crippen molar-refractivity contribution in [3.8, 4) is 0 Å². The molecule has 0 amide bonds. The molecule has 0 aliphatic heterocycles. The van der Waals surface area contributed by atoms with Crippen molar-refractivity contribution in [2.75, 3.05) is 0 Å². The van der Waals surface area contributed by atoms with Gasteiger partial charge >= 0.3 is 0 Å². The zero-order valence-electron chi connectivity index (χ0n) is 9.60. The Balaban J connectivity index is 2.85. The van der Waals surface area contributed by atoms with Gasteiger partial charge in [-0.1, -0.05) is 44.7 Å². The van der Waals surface area contributed by atoms with Crippen molar-refractivity contribution < 1.29 is 0 Å².